The van der Waals surface area contributed by atoms with Gasteiger partial charge >= 0.3 is 0 Å². The van der Waals surface area contributed by atoms with E-state index in [1.54, 1.807) is 11.8 Å². The number of nitrogens with one attached hydrogen (secondary N) is 2. The van der Waals surface area contributed by atoms with E-state index in [0.29, 0.717) is 11.8 Å². The lowest BCUT2D eigenvalue weighted by Crippen LogP contribution is -2.17. The summed E-state index contributed by atoms with van der Waals surface area (Å²) in [4.78, 5) is 10.1. The molecular weight excluding hydrogens is 533 g/mol. The Morgan fingerprint density at radius 1 is 0.571 bits per heavy atom. The first-order valence-corrected chi connectivity index (χ1v) is 16.0. The molecule has 2 unspecified atom stereocenters. The SMILES string of the molecule is CSc1ccc(C(Nc2cc(C)ccn2)C(C)C)cc1.Cc1ccnc(NC(c2ccc3ccccc3c2)C(C)C)c1. The summed E-state index contributed by atoms with van der Waals surface area (Å²) in [7, 11) is 0. The highest BCUT2D eigenvalue weighted by atomic mass is 32.2. The van der Waals surface area contributed by atoms with E-state index in [1.165, 1.54) is 37.9 Å². The first-order chi connectivity index (χ1) is 20.2. The Balaban J connectivity index is 0.000000194. The maximum atomic E-state index is 4.44. The van der Waals surface area contributed by atoms with Crippen LogP contribution in [0.15, 0.2) is 108 Å². The van der Waals surface area contributed by atoms with Crippen molar-refractivity contribution in [2.24, 2.45) is 11.8 Å². The van der Waals surface area contributed by atoms with Crippen LogP contribution in [0.4, 0.5) is 11.6 Å². The summed E-state index contributed by atoms with van der Waals surface area (Å²) in [6.07, 6.45) is 5.81. The lowest BCUT2D eigenvalue weighted by Gasteiger charge is -2.24. The summed E-state index contributed by atoms with van der Waals surface area (Å²) in [5.41, 5.74) is 5.05. The van der Waals surface area contributed by atoms with Crippen LogP contribution >= 0.6 is 11.8 Å². The molecule has 0 saturated heterocycles. The Hall–Kier alpha value is -3.83. The van der Waals surface area contributed by atoms with Gasteiger partial charge in [0.05, 0.1) is 12.1 Å². The quantitative estimate of drug-likeness (QED) is 0.171. The molecule has 2 atom stereocenters. The molecule has 5 heteroatoms. The zero-order valence-electron chi connectivity index (χ0n) is 25.9. The Kier molecular flexibility index (Phi) is 11.0. The molecule has 0 saturated carbocycles. The van der Waals surface area contributed by atoms with Crippen LogP contribution in [0.2, 0.25) is 0 Å². The zero-order valence-corrected chi connectivity index (χ0v) is 26.7. The van der Waals surface area contributed by atoms with E-state index in [4.69, 9.17) is 0 Å². The van der Waals surface area contributed by atoms with Gasteiger partial charge in [-0.2, -0.15) is 0 Å². The fourth-order valence-electron chi connectivity index (χ4n) is 5.03. The Bertz CT molecular complexity index is 1560. The third-order valence-electron chi connectivity index (χ3n) is 7.38. The van der Waals surface area contributed by atoms with Crippen LogP contribution in [-0.4, -0.2) is 16.2 Å². The topological polar surface area (TPSA) is 49.8 Å². The van der Waals surface area contributed by atoms with Gasteiger partial charge in [0.25, 0.3) is 0 Å². The van der Waals surface area contributed by atoms with Gasteiger partial charge in [0.2, 0.25) is 0 Å². The highest BCUT2D eigenvalue weighted by Crippen LogP contribution is 2.29. The molecule has 0 aliphatic rings. The summed E-state index contributed by atoms with van der Waals surface area (Å²) in [6, 6.07) is 32.7. The summed E-state index contributed by atoms with van der Waals surface area (Å²) in [5.74, 6) is 2.85. The number of hydrogen-bond acceptors (Lipinski definition) is 5. The van der Waals surface area contributed by atoms with Gasteiger partial charge in [-0.15, -0.1) is 11.8 Å². The molecular formula is C37H44N4S. The Labute approximate surface area is 256 Å². The minimum atomic E-state index is 0.249. The predicted molar refractivity (Wildman–Crippen MR) is 183 cm³/mol. The van der Waals surface area contributed by atoms with E-state index in [9.17, 15) is 0 Å². The average molecular weight is 577 g/mol. The van der Waals surface area contributed by atoms with Crippen molar-refractivity contribution in [1.29, 1.82) is 0 Å². The number of nitrogens with zero attached hydrogens (tertiary/aromatic N) is 2. The van der Waals surface area contributed by atoms with Crippen LogP contribution in [0.25, 0.3) is 10.8 Å². The van der Waals surface area contributed by atoms with Crippen molar-refractivity contribution in [2.45, 2.75) is 58.5 Å². The molecule has 0 radical (unpaired) electrons. The fraction of sp³-hybridized carbons (Fsp3) is 0.297. The van der Waals surface area contributed by atoms with Crippen LogP contribution in [0.5, 0.6) is 0 Å². The monoisotopic (exact) mass is 576 g/mol. The van der Waals surface area contributed by atoms with E-state index in [2.05, 4.69) is 147 Å². The molecule has 2 heterocycles. The standard InChI is InChI=1S/C20H22N2.C17H22N2S/c1-14(2)20(22-19-12-15(3)10-11-21-19)18-9-8-16-6-4-5-7-17(16)13-18;1-12(2)17(14-5-7-15(20-4)8-6-14)19-16-11-13(3)9-10-18-16/h4-14,20H,1-3H3,(H,21,22);5-12,17H,1-4H3,(H,18,19). The fourth-order valence-corrected chi connectivity index (χ4v) is 5.44. The normalized spacial score (nSPS) is 12.5. The van der Waals surface area contributed by atoms with E-state index in [1.807, 2.05) is 24.5 Å². The van der Waals surface area contributed by atoms with Gasteiger partial charge in [-0.3, -0.25) is 0 Å². The van der Waals surface area contributed by atoms with E-state index in [0.717, 1.165) is 11.6 Å². The smallest absolute Gasteiger partial charge is 0.126 e. The predicted octanol–water partition coefficient (Wildman–Crippen LogP) is 10.3. The van der Waals surface area contributed by atoms with Gasteiger partial charge < -0.3 is 10.6 Å². The van der Waals surface area contributed by atoms with Crippen LogP contribution in [0.3, 0.4) is 0 Å². The first kappa shape index (κ1) is 31.1. The molecule has 0 aliphatic heterocycles. The molecule has 218 valence electrons. The van der Waals surface area contributed by atoms with Crippen molar-refractivity contribution < 1.29 is 0 Å². The van der Waals surface area contributed by atoms with E-state index >= 15 is 0 Å². The minimum Gasteiger partial charge on any atom is -0.363 e. The number of benzene rings is 3. The number of fused-ring (bicyclic) bond motifs is 1. The lowest BCUT2D eigenvalue weighted by molar-refractivity contribution is 0.544. The summed E-state index contributed by atoms with van der Waals surface area (Å²) < 4.78 is 0. The zero-order chi connectivity index (χ0) is 30.1. The number of rotatable bonds is 9. The van der Waals surface area contributed by atoms with Crippen molar-refractivity contribution in [3.63, 3.8) is 0 Å². The molecule has 2 N–H and O–H groups in total. The second-order valence-corrected chi connectivity index (χ2v) is 12.4. The van der Waals surface area contributed by atoms with Gasteiger partial charge in [-0.25, -0.2) is 9.97 Å². The largest absolute Gasteiger partial charge is 0.363 e. The molecule has 2 aromatic heterocycles. The number of thioether (sulfide) groups is 1. The number of anilines is 2. The lowest BCUT2D eigenvalue weighted by atomic mass is 9.94. The van der Waals surface area contributed by atoms with E-state index in [-0.39, 0.29) is 12.1 Å². The van der Waals surface area contributed by atoms with Crippen LogP contribution in [0.1, 0.15) is 62.0 Å². The van der Waals surface area contributed by atoms with Crippen molar-refractivity contribution in [1.82, 2.24) is 9.97 Å². The van der Waals surface area contributed by atoms with Gasteiger partial charge in [0.1, 0.15) is 11.6 Å². The van der Waals surface area contributed by atoms with Gasteiger partial charge in [-0.05, 0) is 107 Å². The molecule has 0 amide bonds. The second-order valence-electron chi connectivity index (χ2n) is 11.5. The molecule has 4 nitrogen and oxygen atoms in total. The molecule has 0 fully saturated rings. The van der Waals surface area contributed by atoms with Crippen LogP contribution in [-0.2, 0) is 0 Å². The molecule has 5 rings (SSSR count). The third-order valence-corrected chi connectivity index (χ3v) is 8.12. The number of aromatic nitrogens is 2. The Morgan fingerprint density at radius 3 is 1.57 bits per heavy atom. The second kappa shape index (κ2) is 14.9. The third kappa shape index (κ3) is 8.59. The van der Waals surface area contributed by atoms with Crippen molar-refractivity contribution in [2.75, 3.05) is 16.9 Å². The highest BCUT2D eigenvalue weighted by Gasteiger charge is 2.17. The molecule has 0 aliphatic carbocycles. The summed E-state index contributed by atoms with van der Waals surface area (Å²) in [5, 5.41) is 9.71. The van der Waals surface area contributed by atoms with Gasteiger partial charge in [0.15, 0.2) is 0 Å². The summed E-state index contributed by atoms with van der Waals surface area (Å²) in [6.45, 7) is 13.1. The highest BCUT2D eigenvalue weighted by molar-refractivity contribution is 7.98. The van der Waals surface area contributed by atoms with Crippen molar-refractivity contribution in [3.8, 4) is 0 Å². The minimum absolute atomic E-state index is 0.249. The Morgan fingerprint density at radius 2 is 1.07 bits per heavy atom. The number of hydrogen-bond donors (Lipinski definition) is 2. The average Bonchev–Trinajstić information content (AvgIpc) is 2.99. The molecule has 0 spiro atoms. The van der Waals surface area contributed by atoms with Crippen LogP contribution < -0.4 is 10.6 Å². The maximum absolute atomic E-state index is 4.44. The summed E-state index contributed by atoms with van der Waals surface area (Å²) >= 11 is 1.77. The van der Waals surface area contributed by atoms with Crippen molar-refractivity contribution in [3.05, 3.63) is 126 Å². The molecule has 0 bridgehead atoms. The maximum Gasteiger partial charge on any atom is 0.126 e. The van der Waals surface area contributed by atoms with Crippen LogP contribution in [0, 0.1) is 25.7 Å². The van der Waals surface area contributed by atoms with Gasteiger partial charge in [-0.1, -0.05) is 76.2 Å². The molecule has 42 heavy (non-hydrogen) atoms. The van der Waals surface area contributed by atoms with Gasteiger partial charge in [0, 0.05) is 17.3 Å². The first-order valence-electron chi connectivity index (χ1n) is 14.7. The molecule has 3 aromatic carbocycles. The molecule has 5 aromatic rings. The van der Waals surface area contributed by atoms with E-state index < -0.39 is 0 Å². The van der Waals surface area contributed by atoms with Crippen molar-refractivity contribution >= 4 is 34.2 Å². The number of aryl methyl sites for hydroxylation is 2. The number of pyridine rings is 2.